The lowest BCUT2D eigenvalue weighted by Crippen LogP contribution is -2.21. The number of amidine groups is 1. The summed E-state index contributed by atoms with van der Waals surface area (Å²) in [5, 5.41) is 3.20. The standard InChI is InChI=1S/C8H8F3N3O/c1-15-14-7(12)6-5(8(9,10)11)3-2-4-13-6/h2-4H,1H3,(H2,12,14). The fourth-order valence-electron chi connectivity index (χ4n) is 0.980. The smallest absolute Gasteiger partial charge is 0.397 e. The fourth-order valence-corrected chi connectivity index (χ4v) is 0.980. The molecule has 0 aromatic carbocycles. The molecule has 0 bridgehead atoms. The predicted octanol–water partition coefficient (Wildman–Crippen LogP) is 1.37. The Morgan fingerprint density at radius 2 is 2.20 bits per heavy atom. The van der Waals surface area contributed by atoms with Crippen molar-refractivity contribution in [2.24, 2.45) is 10.9 Å². The second-order valence-corrected chi connectivity index (χ2v) is 2.56. The van der Waals surface area contributed by atoms with Gasteiger partial charge in [-0.3, -0.25) is 4.98 Å². The highest BCUT2D eigenvalue weighted by Gasteiger charge is 2.34. The van der Waals surface area contributed by atoms with E-state index >= 15 is 0 Å². The van der Waals surface area contributed by atoms with Crippen LogP contribution >= 0.6 is 0 Å². The molecule has 0 amide bonds. The minimum absolute atomic E-state index is 0.412. The molecule has 0 aliphatic rings. The van der Waals surface area contributed by atoms with Crippen molar-refractivity contribution in [2.45, 2.75) is 6.18 Å². The van der Waals surface area contributed by atoms with Crippen molar-refractivity contribution in [3.8, 4) is 0 Å². The number of hydrogen-bond donors (Lipinski definition) is 1. The summed E-state index contributed by atoms with van der Waals surface area (Å²) in [5.74, 6) is -0.412. The maximum Gasteiger partial charge on any atom is 0.418 e. The minimum Gasteiger partial charge on any atom is -0.397 e. The van der Waals surface area contributed by atoms with Crippen LogP contribution in [-0.2, 0) is 11.0 Å². The largest absolute Gasteiger partial charge is 0.418 e. The Hall–Kier alpha value is -1.79. The van der Waals surface area contributed by atoms with Crippen molar-refractivity contribution in [3.05, 3.63) is 29.6 Å². The van der Waals surface area contributed by atoms with E-state index in [4.69, 9.17) is 5.73 Å². The Bertz CT molecular complexity index is 376. The van der Waals surface area contributed by atoms with Gasteiger partial charge in [-0.15, -0.1) is 0 Å². The van der Waals surface area contributed by atoms with Crippen LogP contribution in [-0.4, -0.2) is 17.9 Å². The molecule has 0 unspecified atom stereocenters. The van der Waals surface area contributed by atoms with Crippen LogP contribution < -0.4 is 5.73 Å². The van der Waals surface area contributed by atoms with Gasteiger partial charge >= 0.3 is 6.18 Å². The zero-order valence-electron chi connectivity index (χ0n) is 7.75. The average Bonchev–Trinajstić information content (AvgIpc) is 2.17. The Kier molecular flexibility index (Phi) is 3.13. The Balaban J connectivity index is 3.24. The van der Waals surface area contributed by atoms with Crippen LogP contribution in [0.15, 0.2) is 23.5 Å². The molecule has 4 nitrogen and oxygen atoms in total. The van der Waals surface area contributed by atoms with Crippen LogP contribution in [0.1, 0.15) is 11.3 Å². The van der Waals surface area contributed by atoms with Gasteiger partial charge in [-0.2, -0.15) is 13.2 Å². The van der Waals surface area contributed by atoms with Crippen LogP contribution in [0.3, 0.4) is 0 Å². The maximum atomic E-state index is 12.5. The summed E-state index contributed by atoms with van der Waals surface area (Å²) in [6.07, 6.45) is -3.32. The van der Waals surface area contributed by atoms with Crippen LogP contribution in [0.5, 0.6) is 0 Å². The zero-order valence-corrected chi connectivity index (χ0v) is 7.75. The third kappa shape index (κ3) is 2.58. The third-order valence-electron chi connectivity index (χ3n) is 1.55. The van der Waals surface area contributed by atoms with Gasteiger partial charge in [-0.05, 0) is 12.1 Å². The maximum absolute atomic E-state index is 12.5. The first kappa shape index (κ1) is 11.3. The number of rotatable bonds is 2. The van der Waals surface area contributed by atoms with E-state index < -0.39 is 23.3 Å². The number of nitrogens with zero attached hydrogens (tertiary/aromatic N) is 2. The quantitative estimate of drug-likeness (QED) is 0.464. The Morgan fingerprint density at radius 1 is 1.53 bits per heavy atom. The molecule has 0 saturated heterocycles. The molecule has 1 rings (SSSR count). The summed E-state index contributed by atoms with van der Waals surface area (Å²) < 4.78 is 37.4. The van der Waals surface area contributed by atoms with Gasteiger partial charge in [-0.1, -0.05) is 5.16 Å². The first-order valence-corrected chi connectivity index (χ1v) is 3.86. The molecule has 2 N–H and O–H groups in total. The molecule has 0 spiro atoms. The second-order valence-electron chi connectivity index (χ2n) is 2.56. The monoisotopic (exact) mass is 219 g/mol. The number of nitrogens with two attached hydrogens (primary N) is 1. The number of halogens is 3. The lowest BCUT2D eigenvalue weighted by Gasteiger charge is -2.10. The van der Waals surface area contributed by atoms with Gasteiger partial charge in [0.25, 0.3) is 0 Å². The molecule has 0 radical (unpaired) electrons. The first-order chi connectivity index (χ1) is 6.96. The zero-order chi connectivity index (χ0) is 11.5. The fraction of sp³-hybridized carbons (Fsp3) is 0.250. The SMILES string of the molecule is CO/N=C(\N)c1ncccc1C(F)(F)F. The molecular formula is C8H8F3N3O. The van der Waals surface area contributed by atoms with Gasteiger partial charge < -0.3 is 10.6 Å². The lowest BCUT2D eigenvalue weighted by atomic mass is 10.2. The molecule has 82 valence electrons. The summed E-state index contributed by atoms with van der Waals surface area (Å²) in [6, 6.07) is 2.05. The van der Waals surface area contributed by atoms with E-state index in [1.165, 1.54) is 19.4 Å². The molecule has 7 heteroatoms. The van der Waals surface area contributed by atoms with Crippen LogP contribution in [0.25, 0.3) is 0 Å². The highest BCUT2D eigenvalue weighted by atomic mass is 19.4. The number of aromatic nitrogens is 1. The molecule has 15 heavy (non-hydrogen) atoms. The van der Waals surface area contributed by atoms with E-state index in [1.807, 2.05) is 0 Å². The number of hydrogen-bond acceptors (Lipinski definition) is 3. The third-order valence-corrected chi connectivity index (χ3v) is 1.55. The first-order valence-electron chi connectivity index (χ1n) is 3.86. The summed E-state index contributed by atoms with van der Waals surface area (Å²) in [5.41, 5.74) is 3.89. The van der Waals surface area contributed by atoms with E-state index in [0.717, 1.165) is 6.07 Å². The van der Waals surface area contributed by atoms with Gasteiger partial charge in [0.15, 0.2) is 5.84 Å². The van der Waals surface area contributed by atoms with Crippen LogP contribution in [0, 0.1) is 0 Å². The van der Waals surface area contributed by atoms with E-state index in [0.29, 0.717) is 0 Å². The van der Waals surface area contributed by atoms with Crippen molar-refractivity contribution < 1.29 is 18.0 Å². The lowest BCUT2D eigenvalue weighted by molar-refractivity contribution is -0.138. The molecule has 0 saturated carbocycles. The Morgan fingerprint density at radius 3 is 2.73 bits per heavy atom. The number of pyridine rings is 1. The molecule has 1 heterocycles. The van der Waals surface area contributed by atoms with E-state index in [9.17, 15) is 13.2 Å². The highest BCUT2D eigenvalue weighted by molar-refractivity contribution is 5.96. The summed E-state index contributed by atoms with van der Waals surface area (Å²) in [7, 11) is 1.18. The molecule has 0 aliphatic carbocycles. The number of alkyl halides is 3. The summed E-state index contributed by atoms with van der Waals surface area (Å²) in [4.78, 5) is 7.79. The molecule has 0 atom stereocenters. The van der Waals surface area contributed by atoms with Crippen molar-refractivity contribution >= 4 is 5.84 Å². The second kappa shape index (κ2) is 4.16. The predicted molar refractivity (Wildman–Crippen MR) is 47.0 cm³/mol. The van der Waals surface area contributed by atoms with Gasteiger partial charge in [0.05, 0.1) is 5.56 Å². The van der Waals surface area contributed by atoms with Crippen LogP contribution in [0.4, 0.5) is 13.2 Å². The minimum atomic E-state index is -4.52. The van der Waals surface area contributed by atoms with Crippen molar-refractivity contribution in [2.75, 3.05) is 7.11 Å². The molecule has 1 aromatic heterocycles. The average molecular weight is 219 g/mol. The summed E-state index contributed by atoms with van der Waals surface area (Å²) in [6.45, 7) is 0. The van der Waals surface area contributed by atoms with Gasteiger partial charge in [0.2, 0.25) is 0 Å². The van der Waals surface area contributed by atoms with E-state index in [-0.39, 0.29) is 0 Å². The Labute approximate surface area is 83.5 Å². The van der Waals surface area contributed by atoms with Crippen LogP contribution in [0.2, 0.25) is 0 Å². The van der Waals surface area contributed by atoms with E-state index in [1.54, 1.807) is 0 Å². The van der Waals surface area contributed by atoms with Gasteiger partial charge in [-0.25, -0.2) is 0 Å². The molecule has 0 fully saturated rings. The molecular weight excluding hydrogens is 211 g/mol. The van der Waals surface area contributed by atoms with Crippen molar-refractivity contribution in [3.63, 3.8) is 0 Å². The normalized spacial score (nSPS) is 12.7. The van der Waals surface area contributed by atoms with Crippen molar-refractivity contribution in [1.29, 1.82) is 0 Å². The van der Waals surface area contributed by atoms with Crippen molar-refractivity contribution in [1.82, 2.24) is 4.98 Å². The summed E-state index contributed by atoms with van der Waals surface area (Å²) >= 11 is 0. The van der Waals surface area contributed by atoms with E-state index in [2.05, 4.69) is 15.0 Å². The van der Waals surface area contributed by atoms with Gasteiger partial charge in [0.1, 0.15) is 12.8 Å². The molecule has 0 aliphatic heterocycles. The number of oxime groups is 1. The topological polar surface area (TPSA) is 60.5 Å². The highest BCUT2D eigenvalue weighted by Crippen LogP contribution is 2.30. The van der Waals surface area contributed by atoms with Gasteiger partial charge in [0, 0.05) is 6.20 Å². The molecule has 1 aromatic rings.